The lowest BCUT2D eigenvalue weighted by Crippen LogP contribution is -2.12. The van der Waals surface area contributed by atoms with Crippen molar-refractivity contribution >= 4 is 26.7 Å². The first-order valence-corrected chi connectivity index (χ1v) is 7.07. The smallest absolute Gasteiger partial charge is 0.269 e. The molecule has 0 aliphatic rings. The van der Waals surface area contributed by atoms with Crippen molar-refractivity contribution in [3.8, 4) is 0 Å². The van der Waals surface area contributed by atoms with E-state index in [1.165, 1.54) is 12.4 Å². The van der Waals surface area contributed by atoms with Crippen LogP contribution in [0.2, 0.25) is 0 Å². The van der Waals surface area contributed by atoms with Gasteiger partial charge in [-0.25, -0.2) is 17.4 Å². The lowest BCUT2D eigenvalue weighted by Gasteiger charge is -2.06. The molecule has 0 amide bonds. The van der Waals surface area contributed by atoms with Crippen LogP contribution < -0.4 is 5.73 Å². The third-order valence-corrected chi connectivity index (χ3v) is 4.57. The zero-order valence-electron chi connectivity index (χ0n) is 9.89. The van der Waals surface area contributed by atoms with Crippen LogP contribution in [0.1, 0.15) is 0 Å². The molecule has 2 aromatic heterocycles. The van der Waals surface area contributed by atoms with Gasteiger partial charge in [0.05, 0.1) is 4.90 Å². The second kappa shape index (κ2) is 4.10. The van der Waals surface area contributed by atoms with Gasteiger partial charge >= 0.3 is 0 Å². The molecule has 0 aliphatic carbocycles. The van der Waals surface area contributed by atoms with E-state index in [9.17, 15) is 8.42 Å². The number of anilines is 1. The van der Waals surface area contributed by atoms with Crippen LogP contribution >= 0.6 is 0 Å². The Kier molecular flexibility index (Phi) is 2.53. The lowest BCUT2D eigenvalue weighted by molar-refractivity contribution is 0.589. The number of benzene rings is 1. The topological polar surface area (TPSA) is 78.0 Å². The number of aromatic nitrogens is 2. The number of hydrogen-bond acceptors (Lipinski definition) is 4. The van der Waals surface area contributed by atoms with Crippen LogP contribution in [0.15, 0.2) is 59.8 Å². The number of hydrogen-bond donors (Lipinski definition) is 1. The van der Waals surface area contributed by atoms with E-state index in [1.54, 1.807) is 42.5 Å². The van der Waals surface area contributed by atoms with Gasteiger partial charge in [-0.1, -0.05) is 18.2 Å². The monoisotopic (exact) mass is 273 g/mol. The maximum absolute atomic E-state index is 12.5. The number of fused-ring (bicyclic) bond motifs is 1. The summed E-state index contributed by atoms with van der Waals surface area (Å²) in [5.41, 5.74) is 6.65. The molecule has 3 aromatic rings. The van der Waals surface area contributed by atoms with E-state index in [-0.39, 0.29) is 4.90 Å². The highest BCUT2D eigenvalue weighted by atomic mass is 32.2. The Morgan fingerprint density at radius 1 is 1.05 bits per heavy atom. The van der Waals surface area contributed by atoms with Gasteiger partial charge in [-0.05, 0) is 24.3 Å². The van der Waals surface area contributed by atoms with Gasteiger partial charge in [0.1, 0.15) is 0 Å². The van der Waals surface area contributed by atoms with E-state index >= 15 is 0 Å². The minimum absolute atomic E-state index is 0.219. The molecule has 0 spiro atoms. The summed E-state index contributed by atoms with van der Waals surface area (Å²) in [5, 5.41) is 0.627. The molecule has 0 saturated carbocycles. The molecule has 0 unspecified atom stereocenters. The van der Waals surface area contributed by atoms with E-state index in [2.05, 4.69) is 4.98 Å². The molecule has 19 heavy (non-hydrogen) atoms. The number of rotatable bonds is 2. The van der Waals surface area contributed by atoms with Crippen LogP contribution in [0.4, 0.5) is 5.69 Å². The van der Waals surface area contributed by atoms with Crippen LogP contribution in [-0.2, 0) is 10.0 Å². The highest BCUT2D eigenvalue weighted by Gasteiger charge is 2.19. The maximum atomic E-state index is 12.5. The molecule has 5 nitrogen and oxygen atoms in total. The summed E-state index contributed by atoms with van der Waals surface area (Å²) >= 11 is 0. The van der Waals surface area contributed by atoms with Crippen molar-refractivity contribution in [2.75, 3.05) is 5.73 Å². The molecule has 6 heteroatoms. The SMILES string of the molecule is Nc1ccnc2c1ccn2S(=O)(=O)c1ccccc1. The first-order chi connectivity index (χ1) is 9.10. The quantitative estimate of drug-likeness (QED) is 0.773. The molecular formula is C13H11N3O2S. The van der Waals surface area contributed by atoms with Gasteiger partial charge in [-0.15, -0.1) is 0 Å². The molecule has 0 atom stereocenters. The highest BCUT2D eigenvalue weighted by molar-refractivity contribution is 7.90. The van der Waals surface area contributed by atoms with Crippen molar-refractivity contribution in [2.24, 2.45) is 0 Å². The molecule has 3 rings (SSSR count). The fraction of sp³-hybridized carbons (Fsp3) is 0. The van der Waals surface area contributed by atoms with Crippen LogP contribution in [0.3, 0.4) is 0 Å². The average Bonchev–Trinajstić information content (AvgIpc) is 2.86. The van der Waals surface area contributed by atoms with E-state index in [0.29, 0.717) is 16.7 Å². The van der Waals surface area contributed by atoms with Crippen molar-refractivity contribution < 1.29 is 8.42 Å². The van der Waals surface area contributed by atoms with Crippen molar-refractivity contribution in [2.45, 2.75) is 4.90 Å². The van der Waals surface area contributed by atoms with Gasteiger partial charge in [0, 0.05) is 23.5 Å². The van der Waals surface area contributed by atoms with E-state index < -0.39 is 10.0 Å². The van der Waals surface area contributed by atoms with E-state index in [0.717, 1.165) is 3.97 Å². The number of nitrogen functional groups attached to an aromatic ring is 1. The van der Waals surface area contributed by atoms with Gasteiger partial charge in [-0.2, -0.15) is 0 Å². The molecule has 0 saturated heterocycles. The first-order valence-electron chi connectivity index (χ1n) is 5.63. The fourth-order valence-electron chi connectivity index (χ4n) is 1.94. The molecule has 2 N–H and O–H groups in total. The van der Waals surface area contributed by atoms with E-state index in [1.807, 2.05) is 0 Å². The van der Waals surface area contributed by atoms with Gasteiger partial charge < -0.3 is 5.73 Å². The van der Waals surface area contributed by atoms with Crippen molar-refractivity contribution in [3.63, 3.8) is 0 Å². The molecule has 96 valence electrons. The summed E-state index contributed by atoms with van der Waals surface area (Å²) in [6, 6.07) is 11.5. The van der Waals surface area contributed by atoms with Crippen LogP contribution in [0, 0.1) is 0 Å². The summed E-state index contributed by atoms with van der Waals surface area (Å²) in [5.74, 6) is 0. The number of nitrogens with two attached hydrogens (primary N) is 1. The predicted molar refractivity (Wildman–Crippen MR) is 73.2 cm³/mol. The number of pyridine rings is 1. The second-order valence-corrected chi connectivity index (χ2v) is 5.88. The Hall–Kier alpha value is -2.34. The van der Waals surface area contributed by atoms with E-state index in [4.69, 9.17) is 5.73 Å². The summed E-state index contributed by atoms with van der Waals surface area (Å²) in [7, 11) is -3.64. The minimum atomic E-state index is -3.64. The third-order valence-electron chi connectivity index (χ3n) is 2.89. The zero-order valence-corrected chi connectivity index (χ0v) is 10.7. The van der Waals surface area contributed by atoms with Gasteiger partial charge in [0.15, 0.2) is 5.65 Å². The molecule has 0 fully saturated rings. The molecule has 2 heterocycles. The maximum Gasteiger partial charge on any atom is 0.269 e. The van der Waals surface area contributed by atoms with Gasteiger partial charge in [0.25, 0.3) is 10.0 Å². The Balaban J connectivity index is 2.29. The van der Waals surface area contributed by atoms with Crippen LogP contribution in [0.25, 0.3) is 11.0 Å². The largest absolute Gasteiger partial charge is 0.398 e. The third kappa shape index (κ3) is 1.77. The first kappa shape index (κ1) is 11.7. The van der Waals surface area contributed by atoms with Crippen molar-refractivity contribution in [1.82, 2.24) is 8.96 Å². The fourth-order valence-corrected chi connectivity index (χ4v) is 3.26. The predicted octanol–water partition coefficient (Wildman–Crippen LogP) is 1.86. The zero-order chi connectivity index (χ0) is 13.5. The van der Waals surface area contributed by atoms with Crippen LogP contribution in [-0.4, -0.2) is 17.4 Å². The van der Waals surface area contributed by atoms with Crippen molar-refractivity contribution in [1.29, 1.82) is 0 Å². The summed E-state index contributed by atoms with van der Waals surface area (Å²) in [6.07, 6.45) is 2.96. The Bertz CT molecular complexity index is 839. The Labute approximate surface area is 110 Å². The standard InChI is InChI=1S/C13H11N3O2S/c14-12-6-8-15-13-11(12)7-9-16(13)19(17,18)10-4-2-1-3-5-10/h1-9H,(H2,14,15). The summed E-state index contributed by atoms with van der Waals surface area (Å²) in [6.45, 7) is 0. The normalized spacial score (nSPS) is 11.8. The lowest BCUT2D eigenvalue weighted by atomic mass is 10.3. The average molecular weight is 273 g/mol. The second-order valence-electron chi connectivity index (χ2n) is 4.07. The Morgan fingerprint density at radius 2 is 1.79 bits per heavy atom. The van der Waals surface area contributed by atoms with Gasteiger partial charge in [0.2, 0.25) is 0 Å². The summed E-state index contributed by atoms with van der Waals surface area (Å²) in [4.78, 5) is 4.32. The summed E-state index contributed by atoms with van der Waals surface area (Å²) < 4.78 is 26.2. The molecule has 0 aliphatic heterocycles. The highest BCUT2D eigenvalue weighted by Crippen LogP contribution is 2.23. The number of nitrogens with zero attached hydrogens (tertiary/aromatic N) is 2. The molecule has 0 radical (unpaired) electrons. The van der Waals surface area contributed by atoms with Gasteiger partial charge in [-0.3, -0.25) is 0 Å². The molecule has 0 bridgehead atoms. The van der Waals surface area contributed by atoms with Crippen molar-refractivity contribution in [3.05, 3.63) is 54.9 Å². The minimum Gasteiger partial charge on any atom is -0.398 e. The Morgan fingerprint density at radius 3 is 2.53 bits per heavy atom. The molecular weight excluding hydrogens is 262 g/mol. The molecule has 1 aromatic carbocycles. The van der Waals surface area contributed by atoms with Crippen LogP contribution in [0.5, 0.6) is 0 Å².